The van der Waals surface area contributed by atoms with Crippen molar-refractivity contribution in [3.63, 3.8) is 0 Å². The molecule has 9 nitrogen and oxygen atoms in total. The van der Waals surface area contributed by atoms with Gasteiger partial charge in [0.2, 0.25) is 0 Å². The molecule has 2 aromatic carbocycles. The van der Waals surface area contributed by atoms with Crippen LogP contribution in [0.2, 0.25) is 0 Å². The third-order valence-corrected chi connectivity index (χ3v) is 7.27. The maximum Gasteiger partial charge on any atom is 0.164 e. The van der Waals surface area contributed by atoms with Gasteiger partial charge in [0, 0.05) is 19.3 Å². The highest BCUT2D eigenvalue weighted by Gasteiger charge is 2.24. The molecule has 39 heavy (non-hydrogen) atoms. The predicted octanol–water partition coefficient (Wildman–Crippen LogP) is 5.77. The first-order valence-electron chi connectivity index (χ1n) is 13.4. The first kappa shape index (κ1) is 25.1. The fraction of sp³-hybridized carbons (Fsp3) is 0.333. The molecule has 0 aliphatic carbocycles. The van der Waals surface area contributed by atoms with Crippen LogP contribution in [-0.4, -0.2) is 43.0 Å². The van der Waals surface area contributed by atoms with Crippen molar-refractivity contribution in [2.24, 2.45) is 7.05 Å². The summed E-state index contributed by atoms with van der Waals surface area (Å²) in [7, 11) is 3.54. The van der Waals surface area contributed by atoms with Crippen molar-refractivity contribution in [2.45, 2.75) is 45.3 Å². The third-order valence-electron chi connectivity index (χ3n) is 7.27. The molecule has 0 saturated carbocycles. The molecule has 5 aromatic rings. The Kier molecular flexibility index (Phi) is 6.98. The number of ether oxygens (including phenoxy) is 2. The number of pyridine rings is 1. The molecule has 0 bridgehead atoms. The minimum absolute atomic E-state index is 0.0535. The van der Waals surface area contributed by atoms with Gasteiger partial charge in [-0.2, -0.15) is 5.10 Å². The number of para-hydroxylation sites is 1. The van der Waals surface area contributed by atoms with Gasteiger partial charge in [0.15, 0.2) is 17.2 Å². The molecule has 0 spiro atoms. The Bertz CT molecular complexity index is 1590. The SMILES string of the molecule is COc1c(Nc2cc(CCc3ccccc3)nc3c2nc(C)n3C2CCCCO2)cccc1-c1ncnn1C. The number of aromatic nitrogens is 6. The molecule has 3 aromatic heterocycles. The van der Waals surface area contributed by atoms with Crippen LogP contribution in [0.15, 0.2) is 60.9 Å². The van der Waals surface area contributed by atoms with Crippen molar-refractivity contribution in [1.29, 1.82) is 0 Å². The highest BCUT2D eigenvalue weighted by atomic mass is 16.5. The number of benzene rings is 2. The van der Waals surface area contributed by atoms with Crippen LogP contribution in [0.3, 0.4) is 0 Å². The van der Waals surface area contributed by atoms with Crippen molar-refractivity contribution in [3.8, 4) is 17.1 Å². The molecule has 9 heteroatoms. The van der Waals surface area contributed by atoms with Crippen molar-refractivity contribution in [2.75, 3.05) is 19.0 Å². The van der Waals surface area contributed by atoms with E-state index in [0.29, 0.717) is 5.75 Å². The third kappa shape index (κ3) is 4.97. The van der Waals surface area contributed by atoms with Crippen LogP contribution >= 0.6 is 0 Å². The number of imidazole rings is 1. The van der Waals surface area contributed by atoms with Crippen LogP contribution < -0.4 is 10.1 Å². The second-order valence-corrected chi connectivity index (χ2v) is 9.89. The zero-order chi connectivity index (χ0) is 26.8. The van der Waals surface area contributed by atoms with Gasteiger partial charge in [-0.05, 0) is 62.8 Å². The molecule has 4 heterocycles. The largest absolute Gasteiger partial charge is 0.494 e. The van der Waals surface area contributed by atoms with E-state index in [0.717, 1.165) is 84.2 Å². The number of anilines is 2. The number of nitrogens with one attached hydrogen (secondary N) is 1. The van der Waals surface area contributed by atoms with E-state index in [9.17, 15) is 0 Å². The van der Waals surface area contributed by atoms with E-state index in [2.05, 4.69) is 50.3 Å². The smallest absolute Gasteiger partial charge is 0.164 e. The minimum atomic E-state index is -0.0535. The number of rotatable bonds is 8. The lowest BCUT2D eigenvalue weighted by Gasteiger charge is -2.25. The van der Waals surface area contributed by atoms with E-state index in [1.54, 1.807) is 18.1 Å². The van der Waals surface area contributed by atoms with Gasteiger partial charge in [-0.3, -0.25) is 4.57 Å². The molecule has 1 aliphatic rings. The number of aryl methyl sites for hydroxylation is 4. The van der Waals surface area contributed by atoms with Crippen LogP contribution in [0.4, 0.5) is 11.4 Å². The molecular weight excluding hydrogens is 490 g/mol. The second kappa shape index (κ2) is 10.9. The maximum absolute atomic E-state index is 6.17. The highest BCUT2D eigenvalue weighted by Crippen LogP contribution is 2.39. The summed E-state index contributed by atoms with van der Waals surface area (Å²) in [6.45, 7) is 2.79. The summed E-state index contributed by atoms with van der Waals surface area (Å²) in [5.41, 5.74) is 6.50. The van der Waals surface area contributed by atoms with E-state index in [4.69, 9.17) is 19.4 Å². The molecule has 0 amide bonds. The molecule has 0 radical (unpaired) electrons. The second-order valence-electron chi connectivity index (χ2n) is 9.89. The average Bonchev–Trinajstić information content (AvgIpc) is 3.55. The van der Waals surface area contributed by atoms with Crippen molar-refractivity contribution >= 4 is 22.5 Å². The van der Waals surface area contributed by atoms with Crippen LogP contribution in [-0.2, 0) is 24.6 Å². The van der Waals surface area contributed by atoms with Gasteiger partial charge in [0.05, 0.1) is 24.0 Å². The number of nitrogens with zero attached hydrogens (tertiary/aromatic N) is 6. The molecule has 1 atom stereocenters. The molecule has 1 N–H and O–H groups in total. The summed E-state index contributed by atoms with van der Waals surface area (Å²) >= 11 is 0. The Morgan fingerprint density at radius 1 is 1.03 bits per heavy atom. The van der Waals surface area contributed by atoms with Gasteiger partial charge < -0.3 is 14.8 Å². The molecule has 6 rings (SSSR count). The summed E-state index contributed by atoms with van der Waals surface area (Å²) in [6.07, 6.45) is 6.38. The predicted molar refractivity (Wildman–Crippen MR) is 151 cm³/mol. The van der Waals surface area contributed by atoms with E-state index >= 15 is 0 Å². The Hall–Kier alpha value is -4.24. The van der Waals surface area contributed by atoms with Crippen molar-refractivity contribution < 1.29 is 9.47 Å². The number of hydrogen-bond acceptors (Lipinski definition) is 7. The lowest BCUT2D eigenvalue weighted by Crippen LogP contribution is -2.19. The summed E-state index contributed by atoms with van der Waals surface area (Å²) < 4.78 is 16.0. The van der Waals surface area contributed by atoms with Crippen LogP contribution in [0, 0.1) is 6.92 Å². The summed E-state index contributed by atoms with van der Waals surface area (Å²) in [5.74, 6) is 2.32. The maximum atomic E-state index is 6.17. The van der Waals surface area contributed by atoms with Crippen LogP contribution in [0.5, 0.6) is 5.75 Å². The lowest BCUT2D eigenvalue weighted by molar-refractivity contribution is -0.0309. The van der Waals surface area contributed by atoms with Gasteiger partial charge in [-0.15, -0.1) is 0 Å². The molecule has 1 saturated heterocycles. The van der Waals surface area contributed by atoms with Gasteiger partial charge in [0.25, 0.3) is 0 Å². The summed E-state index contributed by atoms with van der Waals surface area (Å²) in [4.78, 5) is 14.5. The van der Waals surface area contributed by atoms with E-state index in [1.165, 1.54) is 5.56 Å². The first-order chi connectivity index (χ1) is 19.1. The van der Waals surface area contributed by atoms with Crippen LogP contribution in [0.25, 0.3) is 22.6 Å². The quantitative estimate of drug-likeness (QED) is 0.276. The Morgan fingerprint density at radius 2 is 1.90 bits per heavy atom. The number of methoxy groups -OCH3 is 1. The topological polar surface area (TPSA) is 91.9 Å². The molecule has 1 fully saturated rings. The van der Waals surface area contributed by atoms with E-state index < -0.39 is 0 Å². The minimum Gasteiger partial charge on any atom is -0.494 e. The zero-order valence-electron chi connectivity index (χ0n) is 22.6. The Morgan fingerprint density at radius 3 is 2.64 bits per heavy atom. The fourth-order valence-corrected chi connectivity index (χ4v) is 5.35. The highest BCUT2D eigenvalue weighted by molar-refractivity contribution is 5.90. The first-order valence-corrected chi connectivity index (χ1v) is 13.4. The molecule has 200 valence electrons. The van der Waals surface area contributed by atoms with E-state index in [-0.39, 0.29) is 6.23 Å². The van der Waals surface area contributed by atoms with Gasteiger partial charge in [-0.1, -0.05) is 36.4 Å². The number of fused-ring (bicyclic) bond motifs is 1. The van der Waals surface area contributed by atoms with Gasteiger partial charge in [0.1, 0.15) is 23.9 Å². The standard InChI is InChI=1S/C30H33N7O2/c1-20-33-27-25(35-24-13-9-12-23(28(24)38-3)29-31-19-32-36(29)2)18-22(16-15-21-10-5-4-6-11-21)34-30(27)37(20)26-14-7-8-17-39-26/h4-6,9-13,18-19,26H,7-8,14-17H2,1-3H3,(H,34,35). The summed E-state index contributed by atoms with van der Waals surface area (Å²) in [5, 5.41) is 7.86. The molecular formula is C30H33N7O2. The monoisotopic (exact) mass is 523 g/mol. The van der Waals surface area contributed by atoms with Crippen molar-refractivity contribution in [3.05, 3.63) is 78.0 Å². The van der Waals surface area contributed by atoms with Gasteiger partial charge in [-0.25, -0.2) is 19.6 Å². The van der Waals surface area contributed by atoms with Gasteiger partial charge >= 0.3 is 0 Å². The van der Waals surface area contributed by atoms with Crippen molar-refractivity contribution in [1.82, 2.24) is 29.3 Å². The fourth-order valence-electron chi connectivity index (χ4n) is 5.35. The summed E-state index contributed by atoms with van der Waals surface area (Å²) in [6, 6.07) is 18.6. The normalized spacial score (nSPS) is 15.5. The lowest BCUT2D eigenvalue weighted by atomic mass is 10.1. The number of hydrogen-bond donors (Lipinski definition) is 1. The zero-order valence-corrected chi connectivity index (χ0v) is 22.6. The molecule has 1 unspecified atom stereocenters. The Labute approximate surface area is 227 Å². The molecule has 1 aliphatic heterocycles. The Balaban J connectivity index is 1.44. The van der Waals surface area contributed by atoms with Crippen LogP contribution in [0.1, 0.15) is 42.6 Å². The van der Waals surface area contributed by atoms with E-state index in [1.807, 2.05) is 38.2 Å². The average molecular weight is 524 g/mol.